The van der Waals surface area contributed by atoms with Gasteiger partial charge in [-0.05, 0) is 68.8 Å². The van der Waals surface area contributed by atoms with Crippen LogP contribution in [0.2, 0.25) is 30.1 Å². The number of amides is 2. The topological polar surface area (TPSA) is 246 Å². The number of halogens is 14. The number of alkyl halides is 4. The molecule has 0 bridgehead atoms. The molecule has 3 atom stereocenters. The number of hydrogen-bond donors (Lipinski definition) is 6. The minimum Gasteiger partial charge on any atom is -0.482 e. The summed E-state index contributed by atoms with van der Waals surface area (Å²) in [6.07, 6.45) is 2.87. The Morgan fingerprint density at radius 1 is 0.541 bits per heavy atom. The highest BCUT2D eigenvalue weighted by atomic mass is 35.5. The third-order valence-corrected chi connectivity index (χ3v) is 13.0. The second-order valence-electron chi connectivity index (χ2n) is 16.1. The van der Waals surface area contributed by atoms with E-state index in [2.05, 4.69) is 61.1 Å². The number of nitrogens with one attached hydrogen (secondary N) is 2. The molecule has 85 heavy (non-hydrogen) atoms. The molecule has 10 N–H and O–H groups in total. The largest absolute Gasteiger partial charge is 0.482 e. The molecule has 0 aliphatic carbocycles. The molecule has 454 valence electrons. The smallest absolute Gasteiger partial charge is 0.236 e. The van der Waals surface area contributed by atoms with Gasteiger partial charge in [0.15, 0.2) is 34.7 Å². The lowest BCUT2D eigenvalue weighted by molar-refractivity contribution is -0.120. The molecule has 3 aromatic carbocycles. The Morgan fingerprint density at radius 3 is 1.11 bits per heavy atom. The van der Waals surface area contributed by atoms with Gasteiger partial charge < -0.3 is 47.8 Å². The van der Waals surface area contributed by atoms with E-state index in [1.165, 1.54) is 55.0 Å². The Kier molecular flexibility index (Phi) is 35.2. The van der Waals surface area contributed by atoms with E-state index in [0.29, 0.717) is 50.6 Å². The fraction of sp³-hybridized carbons (Fsp3) is 0.250. The van der Waals surface area contributed by atoms with E-state index in [4.69, 9.17) is 165 Å². The number of nitrogens with two attached hydrogens (primary N) is 4. The van der Waals surface area contributed by atoms with Gasteiger partial charge in [-0.25, -0.2) is 28.1 Å². The average Bonchev–Trinajstić information content (AvgIpc) is 3.61. The van der Waals surface area contributed by atoms with Crippen molar-refractivity contribution >= 4 is 162 Å². The van der Waals surface area contributed by atoms with Crippen molar-refractivity contribution in [1.82, 2.24) is 25.6 Å². The minimum atomic E-state index is -0.684. The molecule has 15 nitrogen and oxygen atoms in total. The number of nitrogens with zero attached hydrogens (tertiary/aromatic N) is 3. The van der Waals surface area contributed by atoms with E-state index in [-0.39, 0.29) is 103 Å². The first-order valence-electron chi connectivity index (χ1n) is 24.1. The van der Waals surface area contributed by atoms with Crippen molar-refractivity contribution in [2.75, 3.05) is 53.9 Å². The molecular formula is C56H51Cl11F3N9O6. The molecule has 0 aliphatic rings. The van der Waals surface area contributed by atoms with Gasteiger partial charge in [0.2, 0.25) is 17.1 Å². The van der Waals surface area contributed by atoms with Gasteiger partial charge in [-0.3, -0.25) is 14.4 Å². The van der Waals surface area contributed by atoms with Crippen LogP contribution in [0.15, 0.2) is 73.2 Å². The number of ether oxygens (including phenoxy) is 3. The first kappa shape index (κ1) is 75.2. The standard InChI is InChI=1S/C19H18Cl2FN3O2.C18H15Cl3FN3O2.C16H14Cl2FN3O.C2H2Cl2O.CH2Cl2/c1-3-16(26)24-8-4-5-12-9-15(19(23)25-10-12)27-11(2)17-13(20)6-7-14(22)18(17)21;1-10(16-12(20)4-5-13(22)17(16)21)27-14-7-11(9-25-18(14)23)3-2-6-24-15(26)8-19;1-9(14-11(17)4-5-12(19)15(14)18)23-13-7-10(3-2-6-20)8-22-16(13)21;3-1-2(4)5;2-1-3/h6-7,9-11H,3,8H2,1-2H3,(H2,23,25)(H,24,26);4-5,7,9-10H,6,8H2,1H3,(H2,23,25)(H,24,26);4-5,7-9H,6,20H2,1H3,(H2,21,22);1H2;1H2. The number of anilines is 3. The van der Waals surface area contributed by atoms with Crippen LogP contribution >= 0.6 is 128 Å². The summed E-state index contributed by atoms with van der Waals surface area (Å²) in [5.74, 6) is 15.7. The van der Waals surface area contributed by atoms with Gasteiger partial charge >= 0.3 is 0 Å². The molecule has 0 aliphatic heterocycles. The fourth-order valence-corrected chi connectivity index (χ4v) is 8.38. The molecule has 29 heteroatoms. The van der Waals surface area contributed by atoms with Crippen LogP contribution in [0.4, 0.5) is 30.6 Å². The number of benzene rings is 3. The third-order valence-electron chi connectivity index (χ3n) is 10.1. The molecule has 0 fully saturated rings. The van der Waals surface area contributed by atoms with E-state index in [0.717, 1.165) is 0 Å². The number of carbonyl (C=O) groups excluding carboxylic acids is 3. The Hall–Kier alpha value is -5.86. The van der Waals surface area contributed by atoms with Crippen molar-refractivity contribution in [2.24, 2.45) is 5.73 Å². The molecule has 3 aromatic heterocycles. The maximum atomic E-state index is 13.7. The number of hydrogen-bond acceptors (Lipinski definition) is 13. The lowest BCUT2D eigenvalue weighted by Crippen LogP contribution is -2.24. The van der Waals surface area contributed by atoms with Crippen molar-refractivity contribution in [3.63, 3.8) is 0 Å². The van der Waals surface area contributed by atoms with Gasteiger partial charge in [-0.15, -0.1) is 46.4 Å². The summed E-state index contributed by atoms with van der Waals surface area (Å²) < 4.78 is 58.4. The van der Waals surface area contributed by atoms with E-state index >= 15 is 0 Å². The number of aromatic nitrogens is 3. The highest BCUT2D eigenvalue weighted by Crippen LogP contribution is 2.39. The molecular weight excluding hydrogens is 1340 g/mol. The average molecular weight is 1390 g/mol. The van der Waals surface area contributed by atoms with E-state index in [1.807, 2.05) is 0 Å². The first-order chi connectivity index (χ1) is 40.3. The summed E-state index contributed by atoms with van der Waals surface area (Å²) in [4.78, 5) is 43.7. The zero-order valence-electron chi connectivity index (χ0n) is 45.0. The molecule has 3 heterocycles. The van der Waals surface area contributed by atoms with Gasteiger partial charge in [0.1, 0.15) is 41.6 Å². The summed E-state index contributed by atoms with van der Waals surface area (Å²) in [5, 5.41) is 5.39. The second-order valence-corrected chi connectivity index (χ2v) is 20.2. The summed E-state index contributed by atoms with van der Waals surface area (Å²) in [6.45, 7) is 7.36. The van der Waals surface area contributed by atoms with Gasteiger partial charge in [0.25, 0.3) is 0 Å². The summed E-state index contributed by atoms with van der Waals surface area (Å²) in [7, 11) is 0. The maximum absolute atomic E-state index is 13.7. The lowest BCUT2D eigenvalue weighted by atomic mass is 10.1. The quantitative estimate of drug-likeness (QED) is 0.0257. The summed E-state index contributed by atoms with van der Waals surface area (Å²) >= 11 is 60.8. The number of pyridine rings is 3. The highest BCUT2D eigenvalue weighted by molar-refractivity contribution is 6.67. The zero-order valence-corrected chi connectivity index (χ0v) is 53.3. The predicted octanol–water partition coefficient (Wildman–Crippen LogP) is 14.1. The molecule has 0 saturated heterocycles. The zero-order chi connectivity index (χ0) is 63.9. The van der Waals surface area contributed by atoms with Crippen LogP contribution in [0.5, 0.6) is 17.2 Å². The van der Waals surface area contributed by atoms with Crippen LogP contribution in [0.3, 0.4) is 0 Å². The molecule has 0 radical (unpaired) electrons. The van der Waals surface area contributed by atoms with Crippen LogP contribution in [0.1, 0.15) is 85.8 Å². The van der Waals surface area contributed by atoms with E-state index in [1.54, 1.807) is 45.9 Å². The lowest BCUT2D eigenvalue weighted by Gasteiger charge is -2.18. The predicted molar refractivity (Wildman–Crippen MR) is 337 cm³/mol. The Morgan fingerprint density at radius 2 is 0.835 bits per heavy atom. The van der Waals surface area contributed by atoms with Gasteiger partial charge in [0.05, 0.1) is 45.9 Å². The van der Waals surface area contributed by atoms with Crippen molar-refractivity contribution in [3.8, 4) is 52.8 Å². The maximum Gasteiger partial charge on any atom is 0.236 e. The van der Waals surface area contributed by atoms with Gasteiger partial charge in [-0.2, -0.15) is 0 Å². The van der Waals surface area contributed by atoms with Crippen molar-refractivity contribution in [1.29, 1.82) is 0 Å². The van der Waals surface area contributed by atoms with Crippen molar-refractivity contribution in [2.45, 2.75) is 52.4 Å². The molecule has 0 saturated carbocycles. The normalized spacial score (nSPS) is 11.0. The van der Waals surface area contributed by atoms with Gasteiger partial charge in [0, 0.05) is 91.7 Å². The molecule has 2 amide bonds. The number of carbonyl (C=O) groups is 3. The molecule has 0 spiro atoms. The summed E-state index contributed by atoms with van der Waals surface area (Å²) in [6, 6.07) is 12.6. The summed E-state index contributed by atoms with van der Waals surface area (Å²) in [5.41, 5.74) is 25.5. The van der Waals surface area contributed by atoms with Gasteiger partial charge in [-0.1, -0.05) is 112 Å². The first-order valence-corrected chi connectivity index (χ1v) is 28.9. The minimum absolute atomic E-state index is 0.0820. The van der Waals surface area contributed by atoms with E-state index < -0.39 is 41.0 Å². The Bertz CT molecular complexity index is 3300. The SMILES string of the molecule is CC(Oc1cc(C#CCN)cnc1N)c1c(Cl)ccc(F)c1Cl.CC(Oc1cc(C#CCNC(=O)CCl)cnc1N)c1c(Cl)ccc(F)c1Cl.CCC(=O)NCC#Cc1cnc(N)c(OC(C)c2c(Cl)ccc(F)c2Cl)c1.ClCCl.O=C(Cl)CCl. The monoisotopic (exact) mass is 1390 g/mol. The van der Waals surface area contributed by atoms with Crippen LogP contribution < -0.4 is 47.8 Å². The Labute approximate surface area is 544 Å². The number of nitrogen functional groups attached to an aromatic ring is 3. The number of rotatable bonds is 14. The van der Waals surface area contributed by atoms with Crippen LogP contribution in [0, 0.1) is 53.0 Å². The van der Waals surface area contributed by atoms with E-state index in [9.17, 15) is 27.6 Å². The van der Waals surface area contributed by atoms with Crippen molar-refractivity contribution < 1.29 is 41.8 Å². The van der Waals surface area contributed by atoms with Crippen LogP contribution in [-0.2, 0) is 14.4 Å². The second kappa shape index (κ2) is 39.8. The molecule has 3 unspecified atom stereocenters. The third kappa shape index (κ3) is 25.9. The Balaban J connectivity index is 0.000000409. The molecule has 6 rings (SSSR count). The van der Waals surface area contributed by atoms with Crippen LogP contribution in [-0.4, -0.2) is 68.7 Å². The highest BCUT2D eigenvalue weighted by Gasteiger charge is 2.23. The van der Waals surface area contributed by atoms with Crippen LogP contribution in [0.25, 0.3) is 0 Å². The molecule has 6 aromatic rings. The fourth-order valence-electron chi connectivity index (χ4n) is 6.25. The van der Waals surface area contributed by atoms with Crippen molar-refractivity contribution in [3.05, 3.63) is 154 Å².